The average Bonchev–Trinajstić information content (AvgIpc) is 3.52. The Morgan fingerprint density at radius 1 is 0.919 bits per heavy atom. The number of fused-ring (bicyclic) bond motifs is 2. The van der Waals surface area contributed by atoms with Gasteiger partial charge in [-0.3, -0.25) is 19.9 Å². The summed E-state index contributed by atoms with van der Waals surface area (Å²) in [7, 11) is 0. The van der Waals surface area contributed by atoms with Gasteiger partial charge in [-0.15, -0.1) is 0 Å². The molecule has 0 saturated carbocycles. The van der Waals surface area contributed by atoms with Crippen molar-refractivity contribution >= 4 is 33.5 Å². The van der Waals surface area contributed by atoms with Crippen LogP contribution in [0.1, 0.15) is 13.8 Å². The van der Waals surface area contributed by atoms with E-state index in [0.29, 0.717) is 28.3 Å². The molecule has 8 nitrogen and oxygen atoms in total. The Morgan fingerprint density at radius 3 is 2.62 bits per heavy atom. The fraction of sp³-hybridized carbons (Fsp3) is 0.107. The summed E-state index contributed by atoms with van der Waals surface area (Å²) >= 11 is 0. The van der Waals surface area contributed by atoms with Gasteiger partial charge in [0.1, 0.15) is 11.5 Å². The summed E-state index contributed by atoms with van der Waals surface area (Å²) in [6, 6.07) is 14.2. The summed E-state index contributed by atoms with van der Waals surface area (Å²) in [5, 5.41) is 11.3. The lowest BCUT2D eigenvalue weighted by Gasteiger charge is -2.09. The molecule has 0 bridgehead atoms. The van der Waals surface area contributed by atoms with Crippen LogP contribution in [0.4, 0.5) is 10.1 Å². The number of aromatic nitrogens is 6. The van der Waals surface area contributed by atoms with Gasteiger partial charge in [-0.25, -0.2) is 9.37 Å². The summed E-state index contributed by atoms with van der Waals surface area (Å²) in [6.07, 6.45) is 6.76. The summed E-state index contributed by atoms with van der Waals surface area (Å²) < 4.78 is 13.9. The number of anilines is 1. The number of nitrogens with zero attached hydrogens (tertiary/aromatic N) is 4. The van der Waals surface area contributed by atoms with Crippen molar-refractivity contribution in [3.63, 3.8) is 0 Å². The Balaban J connectivity index is 1.41. The second kappa shape index (κ2) is 8.94. The molecule has 0 spiro atoms. The molecule has 0 aliphatic heterocycles. The van der Waals surface area contributed by atoms with Gasteiger partial charge in [-0.1, -0.05) is 32.0 Å². The molecular weight excluding hydrogens is 469 g/mol. The van der Waals surface area contributed by atoms with Crippen molar-refractivity contribution in [1.82, 2.24) is 30.1 Å². The molecule has 4 heterocycles. The zero-order chi connectivity index (χ0) is 25.5. The average molecular weight is 492 g/mol. The van der Waals surface area contributed by atoms with Crippen LogP contribution in [0.3, 0.4) is 0 Å². The van der Waals surface area contributed by atoms with Crippen LogP contribution < -0.4 is 5.32 Å². The number of carbonyl (C=O) groups is 1. The lowest BCUT2D eigenvalue weighted by molar-refractivity contribution is -0.118. The van der Waals surface area contributed by atoms with E-state index < -0.39 is 0 Å². The topological polar surface area (TPSA) is 112 Å². The molecule has 37 heavy (non-hydrogen) atoms. The van der Waals surface area contributed by atoms with Crippen LogP contribution in [0.25, 0.3) is 55.7 Å². The van der Waals surface area contributed by atoms with Crippen LogP contribution >= 0.6 is 0 Å². The molecular formula is C28H22FN7O. The molecule has 2 aromatic carbocycles. The van der Waals surface area contributed by atoms with Crippen LogP contribution in [-0.4, -0.2) is 36.0 Å². The molecule has 0 fully saturated rings. The molecule has 6 aromatic rings. The van der Waals surface area contributed by atoms with E-state index in [1.54, 1.807) is 30.9 Å². The number of nitrogens with one attached hydrogen (secondary N) is 3. The molecule has 3 N–H and O–H groups in total. The van der Waals surface area contributed by atoms with E-state index in [1.165, 1.54) is 12.1 Å². The van der Waals surface area contributed by atoms with E-state index in [1.807, 2.05) is 44.2 Å². The summed E-state index contributed by atoms with van der Waals surface area (Å²) in [6.45, 7) is 3.69. The van der Waals surface area contributed by atoms with Gasteiger partial charge in [-0.05, 0) is 41.5 Å². The van der Waals surface area contributed by atoms with Gasteiger partial charge in [0.05, 0.1) is 34.6 Å². The van der Waals surface area contributed by atoms with Gasteiger partial charge in [-0.2, -0.15) is 5.10 Å². The second-order valence-electron chi connectivity index (χ2n) is 9.12. The highest BCUT2D eigenvalue weighted by atomic mass is 19.1. The molecule has 4 aromatic heterocycles. The highest BCUT2D eigenvalue weighted by Crippen LogP contribution is 2.33. The molecule has 0 saturated heterocycles. The summed E-state index contributed by atoms with van der Waals surface area (Å²) in [5.74, 6) is 0.0518. The van der Waals surface area contributed by atoms with Crippen LogP contribution in [-0.2, 0) is 4.79 Å². The van der Waals surface area contributed by atoms with E-state index in [4.69, 9.17) is 4.98 Å². The van der Waals surface area contributed by atoms with E-state index in [-0.39, 0.29) is 17.6 Å². The fourth-order valence-corrected chi connectivity index (χ4v) is 4.24. The third-order valence-corrected chi connectivity index (χ3v) is 6.18. The first-order valence-electron chi connectivity index (χ1n) is 11.8. The SMILES string of the molecule is CC(C)C(=O)Nc1cncc(-c2ccc3[nH]nc(-c4nc5c(-c6cccc(F)c6)cncc5[nH]4)c3c2)c1. The number of carbonyl (C=O) groups excluding carboxylic acids is 1. The quantitative estimate of drug-likeness (QED) is 0.275. The summed E-state index contributed by atoms with van der Waals surface area (Å²) in [4.78, 5) is 28.9. The molecule has 0 aliphatic rings. The lowest BCUT2D eigenvalue weighted by Crippen LogP contribution is -2.17. The van der Waals surface area contributed by atoms with Gasteiger partial charge in [0.2, 0.25) is 5.91 Å². The Bertz CT molecular complexity index is 1790. The van der Waals surface area contributed by atoms with Crippen molar-refractivity contribution in [3.8, 4) is 33.8 Å². The first-order chi connectivity index (χ1) is 18.0. The lowest BCUT2D eigenvalue weighted by atomic mass is 10.0. The number of H-pyrrole nitrogens is 2. The van der Waals surface area contributed by atoms with E-state index in [2.05, 4.69) is 30.5 Å². The number of aromatic amines is 2. The van der Waals surface area contributed by atoms with E-state index in [9.17, 15) is 9.18 Å². The standard InChI is InChI=1S/C28H22FN7O/c1-15(2)28(37)32-20-9-18(11-30-12-20)16-6-7-23-21(10-16)26(36-35-23)27-33-24-14-31-13-22(25(24)34-27)17-4-3-5-19(29)8-17/h3-15H,1-2H3,(H,32,37)(H,33,34)(H,35,36). The predicted molar refractivity (Wildman–Crippen MR) is 141 cm³/mol. The van der Waals surface area contributed by atoms with Crippen molar-refractivity contribution in [1.29, 1.82) is 0 Å². The van der Waals surface area contributed by atoms with Gasteiger partial charge in [0, 0.05) is 34.8 Å². The number of benzene rings is 2. The zero-order valence-electron chi connectivity index (χ0n) is 20.1. The highest BCUT2D eigenvalue weighted by molar-refractivity contribution is 5.98. The van der Waals surface area contributed by atoms with E-state index in [0.717, 1.165) is 33.1 Å². The van der Waals surface area contributed by atoms with Gasteiger partial charge in [0.25, 0.3) is 0 Å². The van der Waals surface area contributed by atoms with Crippen LogP contribution in [0.15, 0.2) is 73.3 Å². The second-order valence-corrected chi connectivity index (χ2v) is 9.12. The van der Waals surface area contributed by atoms with Crippen LogP contribution in [0.2, 0.25) is 0 Å². The number of amides is 1. The van der Waals surface area contributed by atoms with Gasteiger partial charge in [0.15, 0.2) is 5.82 Å². The fourth-order valence-electron chi connectivity index (χ4n) is 4.24. The smallest absolute Gasteiger partial charge is 0.226 e. The van der Waals surface area contributed by atoms with Crippen molar-refractivity contribution < 1.29 is 9.18 Å². The molecule has 0 unspecified atom stereocenters. The highest BCUT2D eigenvalue weighted by Gasteiger charge is 2.17. The van der Waals surface area contributed by atoms with Gasteiger partial charge < -0.3 is 10.3 Å². The number of imidazole rings is 1. The maximum atomic E-state index is 13.9. The Labute approximate surface area is 211 Å². The third kappa shape index (κ3) is 4.20. The van der Waals surface area contributed by atoms with E-state index >= 15 is 0 Å². The molecule has 9 heteroatoms. The number of pyridine rings is 2. The minimum Gasteiger partial charge on any atom is -0.335 e. The predicted octanol–water partition coefficient (Wildman–Crippen LogP) is 5.96. The molecule has 0 aliphatic carbocycles. The molecule has 0 atom stereocenters. The minimum absolute atomic E-state index is 0.0662. The maximum absolute atomic E-state index is 13.9. The molecule has 1 amide bonds. The molecule has 6 rings (SSSR count). The Hall–Kier alpha value is -4.92. The van der Waals surface area contributed by atoms with Crippen molar-refractivity contribution in [3.05, 3.63) is 79.1 Å². The first-order valence-corrected chi connectivity index (χ1v) is 11.8. The van der Waals surface area contributed by atoms with Gasteiger partial charge >= 0.3 is 0 Å². The summed E-state index contributed by atoms with van der Waals surface area (Å²) in [5.41, 5.74) is 6.74. The Morgan fingerprint density at radius 2 is 1.78 bits per heavy atom. The minimum atomic E-state index is -0.321. The number of hydrogen-bond donors (Lipinski definition) is 3. The molecule has 182 valence electrons. The Kier molecular flexibility index (Phi) is 5.45. The number of rotatable bonds is 5. The van der Waals surface area contributed by atoms with Crippen molar-refractivity contribution in [2.75, 3.05) is 5.32 Å². The normalized spacial score (nSPS) is 11.5. The number of hydrogen-bond acceptors (Lipinski definition) is 5. The zero-order valence-corrected chi connectivity index (χ0v) is 20.1. The van der Waals surface area contributed by atoms with Crippen LogP contribution in [0, 0.1) is 11.7 Å². The van der Waals surface area contributed by atoms with Crippen molar-refractivity contribution in [2.24, 2.45) is 5.92 Å². The largest absolute Gasteiger partial charge is 0.335 e. The third-order valence-electron chi connectivity index (χ3n) is 6.18. The van der Waals surface area contributed by atoms with Crippen LogP contribution in [0.5, 0.6) is 0 Å². The first kappa shape index (κ1) is 22.5. The van der Waals surface area contributed by atoms with Crippen molar-refractivity contribution in [2.45, 2.75) is 13.8 Å². The number of halogens is 1. The molecule has 0 radical (unpaired) electrons. The maximum Gasteiger partial charge on any atom is 0.226 e. The monoisotopic (exact) mass is 491 g/mol.